The Balaban J connectivity index is 2.09. The minimum absolute atomic E-state index is 0.155. The van der Waals surface area contributed by atoms with Gasteiger partial charge in [-0.05, 0) is 24.6 Å². The Bertz CT molecular complexity index is 389. The third-order valence-corrected chi connectivity index (χ3v) is 3.73. The summed E-state index contributed by atoms with van der Waals surface area (Å²) in [5.74, 6) is 0.208. The monoisotopic (exact) mass is 270 g/mol. The second kappa shape index (κ2) is 6.39. The molecule has 1 saturated heterocycles. The molecule has 1 aliphatic rings. The van der Waals surface area contributed by atoms with E-state index in [0.717, 1.165) is 38.3 Å². The highest BCUT2D eigenvalue weighted by Gasteiger charge is 2.20. The lowest BCUT2D eigenvalue weighted by Gasteiger charge is -2.36. The second-order valence-electron chi connectivity index (χ2n) is 4.71. The maximum atomic E-state index is 14.0. The SMILES string of the molecule is CCCN1CCN(c2c(F)cccc2CCl)CC1. The molecule has 4 heteroatoms. The minimum Gasteiger partial charge on any atom is -0.366 e. The van der Waals surface area contributed by atoms with Gasteiger partial charge < -0.3 is 4.90 Å². The van der Waals surface area contributed by atoms with E-state index in [1.165, 1.54) is 12.5 Å². The van der Waals surface area contributed by atoms with E-state index in [1.54, 1.807) is 6.07 Å². The van der Waals surface area contributed by atoms with Crippen LogP contribution in [0.1, 0.15) is 18.9 Å². The molecule has 0 amide bonds. The predicted molar refractivity (Wildman–Crippen MR) is 74.9 cm³/mol. The van der Waals surface area contributed by atoms with Gasteiger partial charge in [0.05, 0.1) is 5.69 Å². The molecule has 1 aromatic carbocycles. The number of rotatable bonds is 4. The van der Waals surface area contributed by atoms with Crippen LogP contribution in [0.15, 0.2) is 18.2 Å². The lowest BCUT2D eigenvalue weighted by Crippen LogP contribution is -2.47. The maximum Gasteiger partial charge on any atom is 0.146 e. The lowest BCUT2D eigenvalue weighted by atomic mass is 10.1. The van der Waals surface area contributed by atoms with E-state index in [-0.39, 0.29) is 5.82 Å². The molecule has 1 heterocycles. The molecule has 0 N–H and O–H groups in total. The number of piperazine rings is 1. The smallest absolute Gasteiger partial charge is 0.146 e. The number of anilines is 1. The standard InChI is InChI=1S/C14H20ClFN2/c1-2-6-17-7-9-18(10-8-17)14-12(11-15)4-3-5-13(14)16/h3-5H,2,6-11H2,1H3. The Kier molecular flexibility index (Phi) is 4.84. The first-order valence-corrected chi connectivity index (χ1v) is 7.10. The molecule has 0 aromatic heterocycles. The van der Waals surface area contributed by atoms with Crippen molar-refractivity contribution in [3.63, 3.8) is 0 Å². The average molecular weight is 271 g/mol. The normalized spacial score (nSPS) is 17.2. The zero-order valence-corrected chi connectivity index (χ0v) is 11.6. The second-order valence-corrected chi connectivity index (χ2v) is 4.98. The van der Waals surface area contributed by atoms with Crippen LogP contribution in [-0.4, -0.2) is 37.6 Å². The van der Waals surface area contributed by atoms with Gasteiger partial charge in [-0.15, -0.1) is 11.6 Å². The summed E-state index contributed by atoms with van der Waals surface area (Å²) in [6, 6.07) is 5.15. The number of hydrogen-bond acceptors (Lipinski definition) is 2. The average Bonchev–Trinajstić information content (AvgIpc) is 2.40. The van der Waals surface area contributed by atoms with Crippen LogP contribution in [0, 0.1) is 5.82 Å². The molecule has 0 saturated carbocycles. The van der Waals surface area contributed by atoms with Crippen LogP contribution >= 0.6 is 11.6 Å². The molecule has 100 valence electrons. The van der Waals surface area contributed by atoms with Gasteiger partial charge >= 0.3 is 0 Å². The van der Waals surface area contributed by atoms with Crippen molar-refractivity contribution in [2.45, 2.75) is 19.2 Å². The van der Waals surface area contributed by atoms with Crippen LogP contribution in [-0.2, 0) is 5.88 Å². The molecule has 0 unspecified atom stereocenters. The minimum atomic E-state index is -0.155. The molecule has 1 aliphatic heterocycles. The zero-order chi connectivity index (χ0) is 13.0. The lowest BCUT2D eigenvalue weighted by molar-refractivity contribution is 0.257. The van der Waals surface area contributed by atoms with Crippen molar-refractivity contribution in [3.8, 4) is 0 Å². The van der Waals surface area contributed by atoms with E-state index in [1.807, 2.05) is 6.07 Å². The first kappa shape index (κ1) is 13.6. The third-order valence-electron chi connectivity index (χ3n) is 3.44. The summed E-state index contributed by atoms with van der Waals surface area (Å²) in [4.78, 5) is 4.55. The molecule has 0 bridgehead atoms. The highest BCUT2D eigenvalue weighted by molar-refractivity contribution is 6.17. The topological polar surface area (TPSA) is 6.48 Å². The summed E-state index contributed by atoms with van der Waals surface area (Å²) in [5, 5.41) is 0. The molecule has 0 aliphatic carbocycles. The largest absolute Gasteiger partial charge is 0.366 e. The van der Waals surface area contributed by atoms with E-state index in [4.69, 9.17) is 11.6 Å². The van der Waals surface area contributed by atoms with Crippen molar-refractivity contribution in [1.82, 2.24) is 4.90 Å². The fourth-order valence-corrected chi connectivity index (χ4v) is 2.75. The molecule has 1 aromatic rings. The van der Waals surface area contributed by atoms with Gasteiger partial charge in [-0.3, -0.25) is 4.90 Å². The fourth-order valence-electron chi connectivity index (χ4n) is 2.53. The van der Waals surface area contributed by atoms with E-state index < -0.39 is 0 Å². The van der Waals surface area contributed by atoms with E-state index in [0.29, 0.717) is 11.6 Å². The van der Waals surface area contributed by atoms with Gasteiger partial charge in [-0.1, -0.05) is 19.1 Å². The quantitative estimate of drug-likeness (QED) is 0.776. The number of para-hydroxylation sites is 1. The van der Waals surface area contributed by atoms with Gasteiger partial charge in [0.25, 0.3) is 0 Å². The molecule has 1 fully saturated rings. The summed E-state index contributed by atoms with van der Waals surface area (Å²) in [6.07, 6.45) is 1.17. The van der Waals surface area contributed by atoms with E-state index in [9.17, 15) is 4.39 Å². The van der Waals surface area contributed by atoms with Gasteiger partial charge in [0, 0.05) is 32.1 Å². The highest BCUT2D eigenvalue weighted by Crippen LogP contribution is 2.26. The Hall–Kier alpha value is -0.800. The van der Waals surface area contributed by atoms with Gasteiger partial charge in [0.15, 0.2) is 0 Å². The fraction of sp³-hybridized carbons (Fsp3) is 0.571. The van der Waals surface area contributed by atoms with Crippen LogP contribution in [0.2, 0.25) is 0 Å². The van der Waals surface area contributed by atoms with Crippen molar-refractivity contribution in [2.24, 2.45) is 0 Å². The molecule has 2 rings (SSSR count). The van der Waals surface area contributed by atoms with Gasteiger partial charge in [0.2, 0.25) is 0 Å². The number of hydrogen-bond donors (Lipinski definition) is 0. The van der Waals surface area contributed by atoms with Crippen molar-refractivity contribution in [1.29, 1.82) is 0 Å². The van der Waals surface area contributed by atoms with Crippen LogP contribution in [0.5, 0.6) is 0 Å². The van der Waals surface area contributed by atoms with Gasteiger partial charge in [0.1, 0.15) is 5.82 Å². The molecule has 2 nitrogen and oxygen atoms in total. The van der Waals surface area contributed by atoms with Gasteiger partial charge in [-0.25, -0.2) is 4.39 Å². The van der Waals surface area contributed by atoms with Crippen LogP contribution in [0.3, 0.4) is 0 Å². The Morgan fingerprint density at radius 1 is 1.22 bits per heavy atom. The Morgan fingerprint density at radius 2 is 1.94 bits per heavy atom. The Morgan fingerprint density at radius 3 is 2.56 bits per heavy atom. The molecule has 0 spiro atoms. The third kappa shape index (κ3) is 2.96. The molecule has 0 atom stereocenters. The molecule has 18 heavy (non-hydrogen) atoms. The first-order valence-electron chi connectivity index (χ1n) is 6.57. The van der Waals surface area contributed by atoms with Gasteiger partial charge in [-0.2, -0.15) is 0 Å². The van der Waals surface area contributed by atoms with Crippen molar-refractivity contribution >= 4 is 17.3 Å². The van der Waals surface area contributed by atoms with Crippen LogP contribution in [0.25, 0.3) is 0 Å². The number of benzene rings is 1. The van der Waals surface area contributed by atoms with Crippen LogP contribution < -0.4 is 4.90 Å². The summed E-state index contributed by atoms with van der Waals surface area (Å²) < 4.78 is 14.0. The van der Waals surface area contributed by atoms with Crippen LogP contribution in [0.4, 0.5) is 10.1 Å². The maximum absolute atomic E-state index is 14.0. The molecular formula is C14H20ClFN2. The summed E-state index contributed by atoms with van der Waals surface area (Å²) in [6.45, 7) is 7.09. The predicted octanol–water partition coefficient (Wildman–Crippen LogP) is 3.10. The van der Waals surface area contributed by atoms with Crippen molar-refractivity contribution in [3.05, 3.63) is 29.6 Å². The molecular weight excluding hydrogens is 251 g/mol. The summed E-state index contributed by atoms with van der Waals surface area (Å²) in [5.41, 5.74) is 1.59. The zero-order valence-electron chi connectivity index (χ0n) is 10.8. The van der Waals surface area contributed by atoms with E-state index in [2.05, 4.69) is 16.7 Å². The highest BCUT2D eigenvalue weighted by atomic mass is 35.5. The number of alkyl halides is 1. The number of halogens is 2. The summed E-state index contributed by atoms with van der Waals surface area (Å²) >= 11 is 5.90. The van der Waals surface area contributed by atoms with Crippen molar-refractivity contribution in [2.75, 3.05) is 37.6 Å². The number of nitrogens with zero attached hydrogens (tertiary/aromatic N) is 2. The summed E-state index contributed by atoms with van der Waals surface area (Å²) in [7, 11) is 0. The first-order chi connectivity index (χ1) is 8.76. The Labute approximate surface area is 113 Å². The van der Waals surface area contributed by atoms with E-state index >= 15 is 0 Å². The van der Waals surface area contributed by atoms with Crippen molar-refractivity contribution < 1.29 is 4.39 Å². The molecule has 0 radical (unpaired) electrons.